The van der Waals surface area contributed by atoms with E-state index in [1.165, 1.54) is 31.4 Å². The maximum atomic E-state index is 12.7. The first-order valence-electron chi connectivity index (χ1n) is 8.39. The number of hydrogen-bond acceptors (Lipinski definition) is 7. The lowest BCUT2D eigenvalue weighted by Crippen LogP contribution is -2.32. The standard InChI is InChI=1S/C19H22N2O6/c1-10(2)27-19(23)16-12(4)20-11(3)15(18(22)26-5)17(16)13-6-8-14(9-7-13)21(24)25/h6-10,17,20H,1-5H3. The summed E-state index contributed by atoms with van der Waals surface area (Å²) < 4.78 is 10.2. The molecule has 0 amide bonds. The van der Waals surface area contributed by atoms with Gasteiger partial charge in [-0.3, -0.25) is 10.1 Å². The Kier molecular flexibility index (Phi) is 5.99. The van der Waals surface area contributed by atoms with Crippen LogP contribution in [0.25, 0.3) is 0 Å². The molecule has 27 heavy (non-hydrogen) atoms. The number of dihydropyridines is 1. The van der Waals surface area contributed by atoms with Crippen molar-refractivity contribution >= 4 is 17.6 Å². The summed E-state index contributed by atoms with van der Waals surface area (Å²) in [5.74, 6) is -1.91. The molecular weight excluding hydrogens is 352 g/mol. The fourth-order valence-electron chi connectivity index (χ4n) is 3.04. The van der Waals surface area contributed by atoms with Gasteiger partial charge < -0.3 is 14.8 Å². The normalized spacial score (nSPS) is 16.9. The van der Waals surface area contributed by atoms with Crippen molar-refractivity contribution in [2.45, 2.75) is 39.7 Å². The van der Waals surface area contributed by atoms with Gasteiger partial charge in [-0.2, -0.15) is 0 Å². The van der Waals surface area contributed by atoms with E-state index < -0.39 is 22.8 Å². The molecule has 8 heteroatoms. The van der Waals surface area contributed by atoms with Crippen molar-refractivity contribution in [2.24, 2.45) is 0 Å². The third-order valence-corrected chi connectivity index (χ3v) is 4.17. The average molecular weight is 374 g/mol. The second-order valence-electron chi connectivity index (χ2n) is 6.43. The zero-order chi connectivity index (χ0) is 20.3. The van der Waals surface area contributed by atoms with Crippen LogP contribution in [0.2, 0.25) is 0 Å². The molecular formula is C19H22N2O6. The molecule has 1 unspecified atom stereocenters. The van der Waals surface area contributed by atoms with Crippen molar-refractivity contribution in [2.75, 3.05) is 7.11 Å². The van der Waals surface area contributed by atoms with Crippen LogP contribution < -0.4 is 5.32 Å². The van der Waals surface area contributed by atoms with Crippen molar-refractivity contribution in [1.29, 1.82) is 0 Å². The first-order chi connectivity index (χ1) is 12.7. The molecule has 0 bridgehead atoms. The molecule has 0 saturated carbocycles. The highest BCUT2D eigenvalue weighted by atomic mass is 16.6. The van der Waals surface area contributed by atoms with Gasteiger partial charge in [-0.05, 0) is 33.3 Å². The zero-order valence-electron chi connectivity index (χ0n) is 15.9. The fourth-order valence-corrected chi connectivity index (χ4v) is 3.04. The molecule has 1 aliphatic rings. The van der Waals surface area contributed by atoms with Gasteiger partial charge in [0.2, 0.25) is 0 Å². The van der Waals surface area contributed by atoms with Crippen molar-refractivity contribution in [3.8, 4) is 0 Å². The van der Waals surface area contributed by atoms with Crippen molar-refractivity contribution in [1.82, 2.24) is 5.32 Å². The summed E-state index contributed by atoms with van der Waals surface area (Å²) in [5, 5.41) is 14.0. The summed E-state index contributed by atoms with van der Waals surface area (Å²) in [7, 11) is 1.26. The topological polar surface area (TPSA) is 108 Å². The summed E-state index contributed by atoms with van der Waals surface area (Å²) in [6.45, 7) is 6.88. The zero-order valence-corrected chi connectivity index (χ0v) is 15.9. The van der Waals surface area contributed by atoms with Gasteiger partial charge in [-0.1, -0.05) is 12.1 Å². The van der Waals surface area contributed by atoms with E-state index in [1.54, 1.807) is 27.7 Å². The van der Waals surface area contributed by atoms with Crippen LogP contribution in [0.4, 0.5) is 5.69 Å². The molecule has 2 rings (SSSR count). The lowest BCUT2D eigenvalue weighted by atomic mass is 9.80. The Labute approximate surface area is 157 Å². The Balaban J connectivity index is 2.63. The summed E-state index contributed by atoms with van der Waals surface area (Å²) in [6, 6.07) is 5.73. The Bertz CT molecular complexity index is 836. The fraction of sp³-hybridized carbons (Fsp3) is 0.368. The first-order valence-corrected chi connectivity index (χ1v) is 8.39. The van der Waals surface area contributed by atoms with E-state index in [2.05, 4.69) is 5.32 Å². The van der Waals surface area contributed by atoms with Crippen molar-refractivity contribution in [3.63, 3.8) is 0 Å². The summed E-state index contributed by atoms with van der Waals surface area (Å²) in [5.41, 5.74) is 2.09. The maximum Gasteiger partial charge on any atom is 0.337 e. The smallest absolute Gasteiger partial charge is 0.337 e. The van der Waals surface area contributed by atoms with Crippen LogP contribution in [-0.2, 0) is 19.1 Å². The molecule has 0 aromatic heterocycles. The number of carbonyl (C=O) groups is 2. The highest BCUT2D eigenvalue weighted by Crippen LogP contribution is 2.39. The van der Waals surface area contributed by atoms with Crippen molar-refractivity contribution < 1.29 is 24.0 Å². The van der Waals surface area contributed by atoms with Crippen LogP contribution in [0.3, 0.4) is 0 Å². The van der Waals surface area contributed by atoms with Gasteiger partial charge in [0.25, 0.3) is 5.69 Å². The molecule has 1 aromatic rings. The molecule has 1 aromatic carbocycles. The van der Waals surface area contributed by atoms with Gasteiger partial charge in [-0.25, -0.2) is 9.59 Å². The molecule has 0 radical (unpaired) electrons. The van der Waals surface area contributed by atoms with E-state index in [9.17, 15) is 19.7 Å². The summed E-state index contributed by atoms with van der Waals surface area (Å²) in [6.07, 6.45) is -0.344. The van der Waals surface area contributed by atoms with Crippen molar-refractivity contribution in [3.05, 3.63) is 62.5 Å². The van der Waals surface area contributed by atoms with E-state index in [-0.39, 0.29) is 22.9 Å². The van der Waals surface area contributed by atoms with E-state index in [1.807, 2.05) is 0 Å². The number of carbonyl (C=O) groups excluding carboxylic acids is 2. The SMILES string of the molecule is COC(=O)C1=C(C)NC(C)=C(C(=O)OC(C)C)C1c1ccc([N+](=O)[O-])cc1. The second-order valence-corrected chi connectivity index (χ2v) is 6.43. The number of allylic oxidation sites excluding steroid dienone is 2. The van der Waals surface area contributed by atoms with Crippen LogP contribution in [-0.4, -0.2) is 30.1 Å². The van der Waals surface area contributed by atoms with E-state index >= 15 is 0 Å². The van der Waals surface area contributed by atoms with Crippen LogP contribution >= 0.6 is 0 Å². The number of nitrogens with one attached hydrogen (secondary N) is 1. The number of esters is 2. The molecule has 0 fully saturated rings. The molecule has 0 spiro atoms. The lowest BCUT2D eigenvalue weighted by molar-refractivity contribution is -0.384. The maximum absolute atomic E-state index is 12.7. The number of benzene rings is 1. The number of nitrogens with zero attached hydrogens (tertiary/aromatic N) is 1. The third kappa shape index (κ3) is 4.16. The predicted molar refractivity (Wildman–Crippen MR) is 97.6 cm³/mol. The van der Waals surface area contributed by atoms with Gasteiger partial charge >= 0.3 is 11.9 Å². The molecule has 144 valence electrons. The van der Waals surface area contributed by atoms with Crippen LogP contribution in [0.5, 0.6) is 0 Å². The molecule has 1 heterocycles. The van der Waals surface area contributed by atoms with Gasteiger partial charge in [0.15, 0.2) is 0 Å². The van der Waals surface area contributed by atoms with E-state index in [0.29, 0.717) is 17.0 Å². The Morgan fingerprint density at radius 1 is 1.07 bits per heavy atom. The number of methoxy groups -OCH3 is 1. The highest BCUT2D eigenvalue weighted by molar-refractivity contribution is 5.99. The number of rotatable bonds is 5. The Morgan fingerprint density at radius 3 is 2.04 bits per heavy atom. The molecule has 1 atom stereocenters. The quantitative estimate of drug-likeness (QED) is 0.479. The number of ether oxygens (including phenoxy) is 2. The number of nitro benzene ring substituents is 1. The molecule has 1 aliphatic heterocycles. The summed E-state index contributed by atoms with van der Waals surface area (Å²) >= 11 is 0. The lowest BCUT2D eigenvalue weighted by Gasteiger charge is -2.30. The summed E-state index contributed by atoms with van der Waals surface area (Å²) in [4.78, 5) is 35.6. The molecule has 1 N–H and O–H groups in total. The van der Waals surface area contributed by atoms with Crippen LogP contribution in [0.1, 0.15) is 39.2 Å². The molecule has 0 saturated heterocycles. The van der Waals surface area contributed by atoms with Gasteiger partial charge in [-0.15, -0.1) is 0 Å². The minimum absolute atomic E-state index is 0.0833. The predicted octanol–water partition coefficient (Wildman–Crippen LogP) is 2.95. The molecule has 0 aliphatic carbocycles. The molecule has 8 nitrogen and oxygen atoms in total. The average Bonchev–Trinajstić information content (AvgIpc) is 2.59. The van der Waals surface area contributed by atoms with Gasteiger partial charge in [0.1, 0.15) is 0 Å². The van der Waals surface area contributed by atoms with E-state index in [4.69, 9.17) is 9.47 Å². The Hall–Kier alpha value is -3.16. The number of hydrogen-bond donors (Lipinski definition) is 1. The minimum atomic E-state index is -0.759. The minimum Gasteiger partial charge on any atom is -0.466 e. The van der Waals surface area contributed by atoms with Gasteiger partial charge in [0, 0.05) is 23.5 Å². The van der Waals surface area contributed by atoms with Crippen LogP contribution in [0.15, 0.2) is 46.8 Å². The first kappa shape index (κ1) is 20.2. The number of nitro groups is 1. The number of non-ortho nitro benzene ring substituents is 1. The Morgan fingerprint density at radius 2 is 1.59 bits per heavy atom. The largest absolute Gasteiger partial charge is 0.466 e. The van der Waals surface area contributed by atoms with Crippen LogP contribution in [0, 0.1) is 10.1 Å². The highest BCUT2D eigenvalue weighted by Gasteiger charge is 2.38. The second kappa shape index (κ2) is 8.03. The third-order valence-electron chi connectivity index (χ3n) is 4.17. The van der Waals surface area contributed by atoms with E-state index in [0.717, 1.165) is 0 Å². The van der Waals surface area contributed by atoms with Gasteiger partial charge in [0.05, 0.1) is 35.2 Å². The monoisotopic (exact) mass is 374 g/mol.